The molecule has 0 spiro atoms. The number of carbonyl (C=O) groups excluding carboxylic acids is 2. The van der Waals surface area contributed by atoms with Gasteiger partial charge in [-0.15, -0.1) is 0 Å². The minimum atomic E-state index is -3.90. The predicted octanol–water partition coefficient (Wildman–Crippen LogP) is 4.42. The number of aryl methyl sites for hydroxylation is 1. The quantitative estimate of drug-likeness (QED) is 0.446. The van der Waals surface area contributed by atoms with E-state index in [9.17, 15) is 18.0 Å². The molecule has 0 N–H and O–H groups in total. The van der Waals surface area contributed by atoms with Crippen LogP contribution < -0.4 is 9.21 Å². The molecule has 0 atom stereocenters. The molecule has 8 heteroatoms. The SMILES string of the molecule is Cc1ccc(N(C)S(=O)(=O)c2cccc(C(=O)OCC(=O)N(c3ccccc3)C(C)C)c2)cc1. The number of hydrogen-bond acceptors (Lipinski definition) is 5. The van der Waals surface area contributed by atoms with Crippen LogP contribution in [-0.2, 0) is 19.6 Å². The molecule has 0 aliphatic carbocycles. The van der Waals surface area contributed by atoms with Crippen LogP contribution in [-0.4, -0.2) is 40.0 Å². The standard InChI is InChI=1S/C26H28N2O5S/c1-19(2)28(23-10-6-5-7-11-23)25(29)18-33-26(30)21-9-8-12-24(17-21)34(31,32)27(4)22-15-13-20(3)14-16-22/h5-17,19H,18H2,1-4H3. The van der Waals surface area contributed by atoms with Gasteiger partial charge in [-0.25, -0.2) is 13.2 Å². The molecule has 0 aliphatic rings. The molecule has 0 unspecified atom stereocenters. The van der Waals surface area contributed by atoms with Gasteiger partial charge in [0.15, 0.2) is 6.61 Å². The first-order valence-corrected chi connectivity index (χ1v) is 12.2. The molecule has 0 aliphatic heterocycles. The summed E-state index contributed by atoms with van der Waals surface area (Å²) in [4.78, 5) is 26.9. The average molecular weight is 481 g/mol. The summed E-state index contributed by atoms with van der Waals surface area (Å²) in [5.41, 5.74) is 2.25. The monoisotopic (exact) mass is 480 g/mol. The third-order valence-corrected chi connectivity index (χ3v) is 7.05. The van der Waals surface area contributed by atoms with Crippen LogP contribution in [0.4, 0.5) is 11.4 Å². The van der Waals surface area contributed by atoms with Crippen LogP contribution in [0, 0.1) is 6.92 Å². The lowest BCUT2D eigenvalue weighted by Crippen LogP contribution is -2.39. The Kier molecular flexibility index (Phi) is 7.73. The number of rotatable bonds is 8. The van der Waals surface area contributed by atoms with Crippen LogP contribution in [0.5, 0.6) is 0 Å². The van der Waals surface area contributed by atoms with E-state index < -0.39 is 22.6 Å². The Morgan fingerprint density at radius 1 is 0.882 bits per heavy atom. The number of nitrogens with zero attached hydrogens (tertiary/aromatic N) is 2. The molecule has 178 valence electrons. The summed E-state index contributed by atoms with van der Waals surface area (Å²) >= 11 is 0. The van der Waals surface area contributed by atoms with Crippen molar-refractivity contribution in [1.29, 1.82) is 0 Å². The van der Waals surface area contributed by atoms with Crippen molar-refractivity contribution in [1.82, 2.24) is 0 Å². The van der Waals surface area contributed by atoms with Crippen LogP contribution in [0.1, 0.15) is 29.8 Å². The minimum Gasteiger partial charge on any atom is -0.452 e. The number of anilines is 2. The van der Waals surface area contributed by atoms with Gasteiger partial charge in [0.2, 0.25) is 0 Å². The maximum atomic E-state index is 13.1. The molecule has 0 radical (unpaired) electrons. The molecule has 0 aromatic heterocycles. The van der Waals surface area contributed by atoms with E-state index in [0.717, 1.165) is 9.87 Å². The smallest absolute Gasteiger partial charge is 0.338 e. The first-order valence-electron chi connectivity index (χ1n) is 10.8. The first kappa shape index (κ1) is 25.0. The molecular formula is C26H28N2O5S. The van der Waals surface area contributed by atoms with Gasteiger partial charge in [-0.3, -0.25) is 9.10 Å². The fraction of sp³-hybridized carbons (Fsp3) is 0.231. The van der Waals surface area contributed by atoms with Gasteiger partial charge in [-0.05, 0) is 63.2 Å². The molecule has 0 bridgehead atoms. The van der Waals surface area contributed by atoms with Gasteiger partial charge in [-0.2, -0.15) is 0 Å². The van der Waals surface area contributed by atoms with E-state index in [-0.39, 0.29) is 22.4 Å². The van der Waals surface area contributed by atoms with Crippen molar-refractivity contribution in [3.05, 3.63) is 90.0 Å². The third kappa shape index (κ3) is 5.63. The molecular weight excluding hydrogens is 452 g/mol. The summed E-state index contributed by atoms with van der Waals surface area (Å²) in [6, 6.07) is 21.6. The Labute approximate surface area is 200 Å². The lowest BCUT2D eigenvalue weighted by atomic mass is 10.2. The topological polar surface area (TPSA) is 84.0 Å². The van der Waals surface area contributed by atoms with Crippen LogP contribution in [0.25, 0.3) is 0 Å². The molecule has 0 heterocycles. The number of benzene rings is 3. The molecule has 34 heavy (non-hydrogen) atoms. The van der Waals surface area contributed by atoms with E-state index in [2.05, 4.69) is 0 Å². The van der Waals surface area contributed by atoms with Gasteiger partial charge < -0.3 is 9.64 Å². The number of amides is 1. The van der Waals surface area contributed by atoms with Gasteiger partial charge in [0.05, 0.1) is 16.1 Å². The summed E-state index contributed by atoms with van der Waals surface area (Å²) in [5.74, 6) is -1.16. The summed E-state index contributed by atoms with van der Waals surface area (Å²) in [5, 5.41) is 0. The summed E-state index contributed by atoms with van der Waals surface area (Å²) in [6.07, 6.45) is 0. The number of sulfonamides is 1. The predicted molar refractivity (Wildman–Crippen MR) is 133 cm³/mol. The van der Waals surface area contributed by atoms with E-state index in [1.165, 1.54) is 31.3 Å². The normalized spacial score (nSPS) is 11.2. The highest BCUT2D eigenvalue weighted by Gasteiger charge is 2.24. The van der Waals surface area contributed by atoms with E-state index in [1.54, 1.807) is 29.2 Å². The Hall–Kier alpha value is -3.65. The lowest BCUT2D eigenvalue weighted by molar-refractivity contribution is -0.122. The Balaban J connectivity index is 1.74. The number of hydrogen-bond donors (Lipinski definition) is 0. The van der Waals surface area contributed by atoms with E-state index in [4.69, 9.17) is 4.74 Å². The summed E-state index contributed by atoms with van der Waals surface area (Å²) in [7, 11) is -2.45. The van der Waals surface area contributed by atoms with Gasteiger partial charge in [-0.1, -0.05) is 42.0 Å². The zero-order valence-electron chi connectivity index (χ0n) is 19.6. The lowest BCUT2D eigenvalue weighted by Gasteiger charge is -2.26. The Morgan fingerprint density at radius 2 is 1.53 bits per heavy atom. The molecule has 3 aromatic rings. The molecule has 0 saturated heterocycles. The van der Waals surface area contributed by atoms with Crippen molar-refractivity contribution in [2.24, 2.45) is 0 Å². The number of ether oxygens (including phenoxy) is 1. The number of para-hydroxylation sites is 1. The molecule has 1 amide bonds. The summed E-state index contributed by atoms with van der Waals surface area (Å²) < 4.78 is 32.6. The maximum Gasteiger partial charge on any atom is 0.338 e. The Bertz CT molecular complexity index is 1260. The van der Waals surface area contributed by atoms with Crippen molar-refractivity contribution in [2.45, 2.75) is 31.7 Å². The van der Waals surface area contributed by atoms with E-state index in [1.807, 2.05) is 51.1 Å². The zero-order valence-corrected chi connectivity index (χ0v) is 20.5. The Morgan fingerprint density at radius 3 is 2.15 bits per heavy atom. The van der Waals surface area contributed by atoms with Crippen molar-refractivity contribution in [3.8, 4) is 0 Å². The van der Waals surface area contributed by atoms with Gasteiger partial charge >= 0.3 is 5.97 Å². The average Bonchev–Trinajstić information content (AvgIpc) is 2.83. The van der Waals surface area contributed by atoms with Gasteiger partial charge in [0, 0.05) is 18.8 Å². The third-order valence-electron chi connectivity index (χ3n) is 5.27. The van der Waals surface area contributed by atoms with E-state index >= 15 is 0 Å². The minimum absolute atomic E-state index is 0.0435. The molecule has 3 rings (SSSR count). The van der Waals surface area contributed by atoms with Crippen molar-refractivity contribution in [2.75, 3.05) is 22.9 Å². The highest BCUT2D eigenvalue weighted by Crippen LogP contribution is 2.23. The fourth-order valence-corrected chi connectivity index (χ4v) is 4.68. The van der Waals surface area contributed by atoms with Gasteiger partial charge in [0.1, 0.15) is 0 Å². The highest BCUT2D eigenvalue weighted by molar-refractivity contribution is 7.92. The first-order chi connectivity index (χ1) is 16.1. The number of carbonyl (C=O) groups is 2. The molecule has 3 aromatic carbocycles. The number of esters is 1. The van der Waals surface area contributed by atoms with Crippen LogP contribution in [0.2, 0.25) is 0 Å². The largest absolute Gasteiger partial charge is 0.452 e. The second-order valence-corrected chi connectivity index (χ2v) is 10.1. The van der Waals surface area contributed by atoms with Crippen molar-refractivity contribution >= 4 is 33.3 Å². The van der Waals surface area contributed by atoms with Crippen molar-refractivity contribution < 1.29 is 22.7 Å². The second kappa shape index (κ2) is 10.5. The molecule has 0 saturated carbocycles. The second-order valence-electron chi connectivity index (χ2n) is 8.11. The summed E-state index contributed by atoms with van der Waals surface area (Å²) in [6.45, 7) is 5.18. The zero-order chi connectivity index (χ0) is 24.9. The van der Waals surface area contributed by atoms with Gasteiger partial charge in [0.25, 0.3) is 15.9 Å². The highest BCUT2D eigenvalue weighted by atomic mass is 32.2. The van der Waals surface area contributed by atoms with Crippen molar-refractivity contribution in [3.63, 3.8) is 0 Å². The van der Waals surface area contributed by atoms with Crippen LogP contribution in [0.3, 0.4) is 0 Å². The van der Waals surface area contributed by atoms with E-state index in [0.29, 0.717) is 11.4 Å². The van der Waals surface area contributed by atoms with Crippen LogP contribution >= 0.6 is 0 Å². The fourth-order valence-electron chi connectivity index (χ4n) is 3.43. The molecule has 7 nitrogen and oxygen atoms in total. The van der Waals surface area contributed by atoms with Crippen LogP contribution in [0.15, 0.2) is 83.8 Å². The maximum absolute atomic E-state index is 13.1. The molecule has 0 fully saturated rings.